The summed E-state index contributed by atoms with van der Waals surface area (Å²) in [7, 11) is 4.09. The van der Waals surface area contributed by atoms with E-state index in [4.69, 9.17) is 5.73 Å². The zero-order valence-electron chi connectivity index (χ0n) is 12.3. The lowest BCUT2D eigenvalue weighted by Gasteiger charge is -2.40. The Kier molecular flexibility index (Phi) is 5.42. The maximum absolute atomic E-state index is 5.88. The largest absolute Gasteiger partial charge is 0.329 e. The molecule has 0 aromatic carbocycles. The van der Waals surface area contributed by atoms with Crippen molar-refractivity contribution in [3.63, 3.8) is 0 Å². The van der Waals surface area contributed by atoms with Crippen molar-refractivity contribution in [3.05, 3.63) is 0 Å². The topological polar surface area (TPSA) is 41.3 Å². The smallest absolute Gasteiger partial charge is 0.0365 e. The summed E-state index contributed by atoms with van der Waals surface area (Å²) in [4.78, 5) is 0. The van der Waals surface area contributed by atoms with Crippen molar-refractivity contribution in [3.8, 4) is 0 Å². The maximum Gasteiger partial charge on any atom is 0.0365 e. The highest BCUT2D eigenvalue weighted by atomic mass is 15.5. The van der Waals surface area contributed by atoms with Crippen molar-refractivity contribution in [1.29, 1.82) is 0 Å². The first-order chi connectivity index (χ1) is 7.84. The Morgan fingerprint density at radius 3 is 2.06 bits per heavy atom. The summed E-state index contributed by atoms with van der Waals surface area (Å²) < 4.78 is 0. The third kappa shape index (κ3) is 4.57. The standard InChI is InChI=1S/C14H31N3/c1-14(2,3)12-8-6-11(7-9-12)13(10-15)16-17(4)5/h11-13,16H,6-10,15H2,1-5H3. The Labute approximate surface area is 107 Å². The molecule has 1 unspecified atom stereocenters. The van der Waals surface area contributed by atoms with Crippen LogP contribution >= 0.6 is 0 Å². The van der Waals surface area contributed by atoms with Crippen molar-refractivity contribution in [1.82, 2.24) is 10.4 Å². The van der Waals surface area contributed by atoms with Crippen LogP contribution in [0.2, 0.25) is 0 Å². The van der Waals surface area contributed by atoms with Gasteiger partial charge in [0.1, 0.15) is 0 Å². The van der Waals surface area contributed by atoms with Gasteiger partial charge in [0, 0.05) is 26.7 Å². The van der Waals surface area contributed by atoms with E-state index in [0.29, 0.717) is 11.5 Å². The Morgan fingerprint density at radius 1 is 1.18 bits per heavy atom. The minimum Gasteiger partial charge on any atom is -0.329 e. The molecule has 0 saturated heterocycles. The molecule has 0 aromatic rings. The molecule has 3 nitrogen and oxygen atoms in total. The Bertz CT molecular complexity index is 212. The van der Waals surface area contributed by atoms with E-state index in [0.717, 1.165) is 18.4 Å². The quantitative estimate of drug-likeness (QED) is 0.742. The first kappa shape index (κ1) is 14.9. The van der Waals surface area contributed by atoms with Gasteiger partial charge in [-0.3, -0.25) is 10.4 Å². The number of nitrogens with two attached hydrogens (primary N) is 1. The van der Waals surface area contributed by atoms with Gasteiger partial charge >= 0.3 is 0 Å². The van der Waals surface area contributed by atoms with Gasteiger partial charge in [-0.1, -0.05) is 20.8 Å². The van der Waals surface area contributed by atoms with Crippen LogP contribution in [0.3, 0.4) is 0 Å². The predicted molar refractivity (Wildman–Crippen MR) is 74.6 cm³/mol. The molecule has 0 heterocycles. The molecule has 0 aromatic heterocycles. The first-order valence-electron chi connectivity index (χ1n) is 6.98. The third-order valence-electron chi connectivity index (χ3n) is 4.24. The summed E-state index contributed by atoms with van der Waals surface area (Å²) in [6.07, 6.45) is 5.37. The summed E-state index contributed by atoms with van der Waals surface area (Å²) in [5, 5.41) is 2.04. The van der Waals surface area contributed by atoms with Gasteiger partial charge < -0.3 is 5.73 Å². The van der Waals surface area contributed by atoms with E-state index >= 15 is 0 Å². The Hall–Kier alpha value is -0.120. The van der Waals surface area contributed by atoms with Gasteiger partial charge in [-0.05, 0) is 42.9 Å². The number of hydrazine groups is 1. The van der Waals surface area contributed by atoms with Crippen molar-refractivity contribution in [2.24, 2.45) is 23.0 Å². The fourth-order valence-electron chi connectivity index (χ4n) is 3.07. The van der Waals surface area contributed by atoms with E-state index in [1.165, 1.54) is 25.7 Å². The van der Waals surface area contributed by atoms with E-state index < -0.39 is 0 Å². The van der Waals surface area contributed by atoms with E-state index in [1.54, 1.807) is 0 Å². The van der Waals surface area contributed by atoms with E-state index in [1.807, 2.05) is 19.1 Å². The summed E-state index contributed by atoms with van der Waals surface area (Å²) in [6, 6.07) is 0.450. The van der Waals surface area contributed by atoms with Gasteiger partial charge in [0.2, 0.25) is 0 Å². The fourth-order valence-corrected chi connectivity index (χ4v) is 3.07. The van der Waals surface area contributed by atoms with Gasteiger partial charge in [-0.25, -0.2) is 0 Å². The molecule has 3 heteroatoms. The highest BCUT2D eigenvalue weighted by Crippen LogP contribution is 2.40. The van der Waals surface area contributed by atoms with Crippen LogP contribution in [-0.2, 0) is 0 Å². The minimum absolute atomic E-state index is 0.450. The second-order valence-corrected chi connectivity index (χ2v) is 6.84. The fraction of sp³-hybridized carbons (Fsp3) is 1.00. The Balaban J connectivity index is 2.44. The average Bonchev–Trinajstić information content (AvgIpc) is 2.24. The van der Waals surface area contributed by atoms with Crippen LogP contribution in [0.15, 0.2) is 0 Å². The number of nitrogens with zero attached hydrogens (tertiary/aromatic N) is 1. The number of rotatable bonds is 4. The second-order valence-electron chi connectivity index (χ2n) is 6.84. The van der Waals surface area contributed by atoms with Crippen LogP contribution in [0.1, 0.15) is 46.5 Å². The van der Waals surface area contributed by atoms with Crippen molar-refractivity contribution in [2.75, 3.05) is 20.6 Å². The highest BCUT2D eigenvalue weighted by molar-refractivity contribution is 4.85. The number of nitrogens with one attached hydrogen (secondary N) is 1. The van der Waals surface area contributed by atoms with Crippen molar-refractivity contribution in [2.45, 2.75) is 52.5 Å². The van der Waals surface area contributed by atoms with Crippen molar-refractivity contribution >= 4 is 0 Å². The molecular weight excluding hydrogens is 210 g/mol. The normalized spacial score (nSPS) is 28.4. The van der Waals surface area contributed by atoms with Crippen LogP contribution in [-0.4, -0.2) is 31.7 Å². The van der Waals surface area contributed by atoms with Crippen molar-refractivity contribution < 1.29 is 0 Å². The van der Waals surface area contributed by atoms with Gasteiger partial charge in [0.05, 0.1) is 0 Å². The molecule has 102 valence electrons. The van der Waals surface area contributed by atoms with Crippen LogP contribution in [0, 0.1) is 17.3 Å². The molecule has 0 spiro atoms. The zero-order chi connectivity index (χ0) is 13.1. The average molecular weight is 241 g/mol. The van der Waals surface area contributed by atoms with Crippen LogP contribution < -0.4 is 11.2 Å². The molecule has 1 rings (SSSR count). The van der Waals surface area contributed by atoms with E-state index in [-0.39, 0.29) is 0 Å². The van der Waals surface area contributed by atoms with Gasteiger partial charge in [-0.15, -0.1) is 0 Å². The summed E-state index contributed by atoms with van der Waals surface area (Å²) in [5.74, 6) is 1.64. The number of hydrogen-bond acceptors (Lipinski definition) is 3. The summed E-state index contributed by atoms with van der Waals surface area (Å²) >= 11 is 0. The maximum atomic E-state index is 5.88. The monoisotopic (exact) mass is 241 g/mol. The molecule has 3 N–H and O–H groups in total. The Morgan fingerprint density at radius 2 is 1.71 bits per heavy atom. The lowest BCUT2D eigenvalue weighted by Crippen LogP contribution is -2.49. The lowest BCUT2D eigenvalue weighted by molar-refractivity contribution is 0.111. The molecular formula is C14H31N3. The van der Waals surface area contributed by atoms with Crippen LogP contribution in [0.4, 0.5) is 0 Å². The van der Waals surface area contributed by atoms with Gasteiger partial charge in [0.25, 0.3) is 0 Å². The first-order valence-corrected chi connectivity index (χ1v) is 6.98. The molecule has 1 aliphatic rings. The van der Waals surface area contributed by atoms with Gasteiger partial charge in [-0.2, -0.15) is 0 Å². The molecule has 0 radical (unpaired) electrons. The van der Waals surface area contributed by atoms with E-state index in [2.05, 4.69) is 26.2 Å². The summed E-state index contributed by atoms with van der Waals surface area (Å²) in [5.41, 5.74) is 9.81. The lowest BCUT2D eigenvalue weighted by atomic mass is 9.68. The molecule has 17 heavy (non-hydrogen) atoms. The molecule has 0 amide bonds. The van der Waals surface area contributed by atoms with Crippen LogP contribution in [0.5, 0.6) is 0 Å². The van der Waals surface area contributed by atoms with Crippen LogP contribution in [0.25, 0.3) is 0 Å². The van der Waals surface area contributed by atoms with Gasteiger partial charge in [0.15, 0.2) is 0 Å². The predicted octanol–water partition coefficient (Wildman–Crippen LogP) is 2.23. The zero-order valence-corrected chi connectivity index (χ0v) is 12.3. The highest BCUT2D eigenvalue weighted by Gasteiger charge is 2.32. The molecule has 0 aliphatic heterocycles. The number of hydrogen-bond donors (Lipinski definition) is 2. The second kappa shape index (κ2) is 6.17. The SMILES string of the molecule is CN(C)NC(CN)C1CCC(C(C)(C)C)CC1. The third-order valence-corrected chi connectivity index (χ3v) is 4.24. The molecule has 1 aliphatic carbocycles. The summed E-state index contributed by atoms with van der Waals surface area (Å²) in [6.45, 7) is 7.85. The molecule has 1 saturated carbocycles. The molecule has 1 fully saturated rings. The van der Waals surface area contributed by atoms with E-state index in [9.17, 15) is 0 Å². The molecule has 0 bridgehead atoms. The molecule has 1 atom stereocenters. The minimum atomic E-state index is 0.450.